The highest BCUT2D eigenvalue weighted by Gasteiger charge is 2.10. The number of aryl methyl sites for hydroxylation is 1. The number of hydrogen-bond donors (Lipinski definition) is 0. The van der Waals surface area contributed by atoms with Gasteiger partial charge in [0.05, 0.1) is 10.6 Å². The summed E-state index contributed by atoms with van der Waals surface area (Å²) in [6.45, 7) is 12.6. The number of allylic oxidation sites excluding steroid dienone is 2. The Balaban J connectivity index is 2.36. The van der Waals surface area contributed by atoms with Gasteiger partial charge in [0.15, 0.2) is 0 Å². The number of thioether (sulfide) groups is 1. The SMILES string of the molecule is C=C(SCCN(C)C)N(CCCCCCCC(=O)OC/C=C\CCCCCC)CCCCc1cccc(C(=O)OC/C=C\CCCCCC)c1. The van der Waals surface area contributed by atoms with Crippen LogP contribution in [0.4, 0.5) is 0 Å². The number of carbonyl (C=O) groups excluding carboxylic acids is 2. The van der Waals surface area contributed by atoms with Gasteiger partial charge in [-0.25, -0.2) is 4.79 Å². The standard InChI is InChI=1S/C43H72N2O4S/c1-6-8-10-12-14-19-25-35-48-42(46)31-21-17-16-18-23-32-45(39(3)50-37-34-44(4)5)33-24-22-28-40-29-27-30-41(38-40)43(47)49-36-26-20-15-13-11-9-7-2/h19-20,25-27,29-30,38H,3,6-18,21-24,28,31-37H2,1-2,4-5H3/b25-19-,26-20-. The molecule has 0 aliphatic carbocycles. The number of nitrogens with zero attached hydrogens (tertiary/aromatic N) is 2. The summed E-state index contributed by atoms with van der Waals surface area (Å²) in [7, 11) is 4.22. The van der Waals surface area contributed by atoms with Crippen molar-refractivity contribution in [2.45, 2.75) is 136 Å². The van der Waals surface area contributed by atoms with E-state index in [9.17, 15) is 9.59 Å². The van der Waals surface area contributed by atoms with Crippen molar-refractivity contribution >= 4 is 23.7 Å². The van der Waals surface area contributed by atoms with Crippen molar-refractivity contribution in [2.24, 2.45) is 0 Å². The van der Waals surface area contributed by atoms with Crippen LogP contribution in [0.2, 0.25) is 0 Å². The van der Waals surface area contributed by atoms with Crippen LogP contribution in [-0.4, -0.2) is 74.4 Å². The average molecular weight is 713 g/mol. The summed E-state index contributed by atoms with van der Waals surface area (Å²) in [5.74, 6) is 0.696. The Bertz CT molecular complexity index is 1070. The summed E-state index contributed by atoms with van der Waals surface area (Å²) >= 11 is 1.85. The van der Waals surface area contributed by atoms with Gasteiger partial charge in [0.25, 0.3) is 0 Å². The number of rotatable bonds is 33. The van der Waals surface area contributed by atoms with Crippen LogP contribution in [-0.2, 0) is 20.7 Å². The molecule has 50 heavy (non-hydrogen) atoms. The molecule has 0 amide bonds. The van der Waals surface area contributed by atoms with Crippen molar-refractivity contribution in [2.75, 3.05) is 52.7 Å². The van der Waals surface area contributed by atoms with Crippen LogP contribution in [0, 0.1) is 0 Å². The van der Waals surface area contributed by atoms with E-state index in [4.69, 9.17) is 9.47 Å². The maximum absolute atomic E-state index is 12.6. The molecule has 0 radical (unpaired) electrons. The maximum Gasteiger partial charge on any atom is 0.338 e. The van der Waals surface area contributed by atoms with E-state index in [1.807, 2.05) is 42.1 Å². The molecule has 0 fully saturated rings. The highest BCUT2D eigenvalue weighted by Crippen LogP contribution is 2.21. The van der Waals surface area contributed by atoms with Gasteiger partial charge in [-0.1, -0.05) is 115 Å². The van der Waals surface area contributed by atoms with Crippen molar-refractivity contribution in [1.29, 1.82) is 0 Å². The third-order valence-corrected chi connectivity index (χ3v) is 9.69. The highest BCUT2D eigenvalue weighted by molar-refractivity contribution is 8.03. The zero-order valence-corrected chi connectivity index (χ0v) is 33.3. The predicted octanol–water partition coefficient (Wildman–Crippen LogP) is 11.2. The summed E-state index contributed by atoms with van der Waals surface area (Å²) in [5, 5.41) is 1.16. The molecule has 6 nitrogen and oxygen atoms in total. The number of hydrogen-bond acceptors (Lipinski definition) is 7. The fourth-order valence-electron chi connectivity index (χ4n) is 5.56. The first-order valence-corrected chi connectivity index (χ1v) is 20.8. The van der Waals surface area contributed by atoms with E-state index >= 15 is 0 Å². The van der Waals surface area contributed by atoms with Gasteiger partial charge in [0, 0.05) is 31.8 Å². The average Bonchev–Trinajstić information content (AvgIpc) is 3.10. The van der Waals surface area contributed by atoms with E-state index in [1.165, 1.54) is 56.9 Å². The second-order valence-corrected chi connectivity index (χ2v) is 14.8. The van der Waals surface area contributed by atoms with Crippen molar-refractivity contribution < 1.29 is 19.1 Å². The molecule has 0 aliphatic rings. The van der Waals surface area contributed by atoms with Gasteiger partial charge in [-0.15, -0.1) is 11.8 Å². The molecule has 0 spiro atoms. The highest BCUT2D eigenvalue weighted by atomic mass is 32.2. The van der Waals surface area contributed by atoms with Gasteiger partial charge in [-0.3, -0.25) is 4.79 Å². The van der Waals surface area contributed by atoms with E-state index in [2.05, 4.69) is 62.5 Å². The Morgan fingerprint density at radius 3 is 1.98 bits per heavy atom. The molecule has 0 heterocycles. The Kier molecular flexibility index (Phi) is 29.5. The third kappa shape index (κ3) is 26.3. The summed E-state index contributed by atoms with van der Waals surface area (Å²) < 4.78 is 10.8. The van der Waals surface area contributed by atoms with Crippen molar-refractivity contribution in [3.63, 3.8) is 0 Å². The molecule has 1 rings (SSSR count). The molecule has 0 atom stereocenters. The third-order valence-electron chi connectivity index (χ3n) is 8.71. The number of ether oxygens (including phenoxy) is 2. The van der Waals surface area contributed by atoms with E-state index in [-0.39, 0.29) is 11.9 Å². The molecule has 0 N–H and O–H groups in total. The van der Waals surface area contributed by atoms with Gasteiger partial charge in [-0.05, 0) is 89.6 Å². The molecule has 0 aliphatic heterocycles. The van der Waals surface area contributed by atoms with Crippen LogP contribution < -0.4 is 0 Å². The van der Waals surface area contributed by atoms with E-state index in [1.54, 1.807) is 0 Å². The second-order valence-electron chi connectivity index (χ2n) is 13.6. The first-order valence-electron chi connectivity index (χ1n) is 19.8. The van der Waals surface area contributed by atoms with E-state index in [0.717, 1.165) is 94.6 Å². The lowest BCUT2D eigenvalue weighted by molar-refractivity contribution is -0.142. The first kappa shape index (κ1) is 45.5. The predicted molar refractivity (Wildman–Crippen MR) is 216 cm³/mol. The monoisotopic (exact) mass is 713 g/mol. The summed E-state index contributed by atoms with van der Waals surface area (Å²) in [5.41, 5.74) is 1.80. The molecule has 284 valence electrons. The number of benzene rings is 1. The van der Waals surface area contributed by atoms with Crippen LogP contribution in [0.15, 0.2) is 60.2 Å². The Morgan fingerprint density at radius 1 is 0.720 bits per heavy atom. The first-order chi connectivity index (χ1) is 24.4. The molecule has 0 saturated heterocycles. The van der Waals surface area contributed by atoms with Gasteiger partial charge < -0.3 is 19.3 Å². The normalized spacial score (nSPS) is 11.5. The van der Waals surface area contributed by atoms with Gasteiger partial charge in [0.2, 0.25) is 0 Å². The molecule has 0 saturated carbocycles. The zero-order chi connectivity index (χ0) is 36.5. The van der Waals surface area contributed by atoms with Crippen LogP contribution in [0.3, 0.4) is 0 Å². The fourth-order valence-corrected chi connectivity index (χ4v) is 6.61. The molecule has 1 aromatic rings. The lowest BCUT2D eigenvalue weighted by Crippen LogP contribution is -2.25. The minimum Gasteiger partial charge on any atom is -0.461 e. The minimum atomic E-state index is -0.254. The van der Waals surface area contributed by atoms with Gasteiger partial charge in [-0.2, -0.15) is 0 Å². The van der Waals surface area contributed by atoms with Crippen molar-refractivity contribution in [1.82, 2.24) is 9.80 Å². The van der Waals surface area contributed by atoms with Crippen molar-refractivity contribution in [3.05, 3.63) is 71.3 Å². The molecular formula is C43H72N2O4S. The van der Waals surface area contributed by atoms with Gasteiger partial charge >= 0.3 is 11.9 Å². The quantitative estimate of drug-likeness (QED) is 0.0408. The molecule has 1 aromatic carbocycles. The number of carbonyl (C=O) groups is 2. The largest absolute Gasteiger partial charge is 0.461 e. The molecule has 7 heteroatoms. The fraction of sp³-hybridized carbons (Fsp3) is 0.674. The minimum absolute atomic E-state index is 0.0826. The zero-order valence-electron chi connectivity index (χ0n) is 32.4. The second kappa shape index (κ2) is 32.4. The Hall–Kier alpha value is -2.51. The van der Waals surface area contributed by atoms with Crippen LogP contribution in [0.25, 0.3) is 0 Å². The lowest BCUT2D eigenvalue weighted by atomic mass is 10.0. The van der Waals surface area contributed by atoms with E-state index < -0.39 is 0 Å². The van der Waals surface area contributed by atoms with Gasteiger partial charge in [0.1, 0.15) is 13.2 Å². The molecule has 0 aromatic heterocycles. The van der Waals surface area contributed by atoms with Crippen molar-refractivity contribution in [3.8, 4) is 0 Å². The summed E-state index contributed by atoms with van der Waals surface area (Å²) in [6.07, 6.45) is 29.3. The van der Waals surface area contributed by atoms with Crippen LogP contribution in [0.1, 0.15) is 145 Å². The molecular weight excluding hydrogens is 641 g/mol. The van der Waals surface area contributed by atoms with Crippen LogP contribution >= 0.6 is 11.8 Å². The molecule has 0 bridgehead atoms. The number of esters is 2. The summed E-state index contributed by atoms with van der Waals surface area (Å²) in [6, 6.07) is 7.90. The molecule has 0 unspecified atom stereocenters. The van der Waals surface area contributed by atoms with E-state index in [0.29, 0.717) is 25.2 Å². The topological polar surface area (TPSA) is 59.1 Å². The Labute approximate surface area is 311 Å². The Morgan fingerprint density at radius 2 is 1.32 bits per heavy atom. The van der Waals surface area contributed by atoms with Crippen LogP contribution in [0.5, 0.6) is 0 Å². The number of unbranched alkanes of at least 4 members (excludes halogenated alkanes) is 13. The maximum atomic E-state index is 12.6. The lowest BCUT2D eigenvalue weighted by Gasteiger charge is -2.27. The smallest absolute Gasteiger partial charge is 0.338 e. The summed E-state index contributed by atoms with van der Waals surface area (Å²) in [4.78, 5) is 29.3.